The third-order valence-corrected chi connectivity index (χ3v) is 2.67. The van der Waals surface area contributed by atoms with Crippen molar-refractivity contribution in [2.75, 3.05) is 0 Å². The van der Waals surface area contributed by atoms with Crippen molar-refractivity contribution < 1.29 is 5.11 Å². The molecule has 0 heterocycles. The maximum absolute atomic E-state index is 9.73. The summed E-state index contributed by atoms with van der Waals surface area (Å²) in [5.41, 5.74) is 2.05. The van der Waals surface area contributed by atoms with Crippen molar-refractivity contribution in [2.24, 2.45) is 0 Å². The molecule has 0 aliphatic rings. The molecule has 0 aromatic rings. The molecule has 0 rings (SSSR count). The molecule has 0 aromatic carbocycles. The molecular weight excluding hydrogens is 196 g/mol. The van der Waals surface area contributed by atoms with E-state index in [0.717, 1.165) is 25.7 Å². The second-order valence-corrected chi connectivity index (χ2v) is 4.97. The van der Waals surface area contributed by atoms with E-state index in [-0.39, 0.29) is 0 Å². The number of hydrogen-bond donors (Lipinski definition) is 1. The normalized spacial score (nSPS) is 15.4. The van der Waals surface area contributed by atoms with Crippen molar-refractivity contribution in [1.82, 2.24) is 0 Å². The standard InChI is InChI=1S/C15H26O/c1-6-15(5,16)12-8-11-14(4)10-7-9-13(2)3/h6,9,11,16H,1,7-8,10,12H2,2-5H3/t15-/m0/s1. The lowest BCUT2D eigenvalue weighted by atomic mass is 9.99. The van der Waals surface area contributed by atoms with Crippen LogP contribution >= 0.6 is 0 Å². The maximum Gasteiger partial charge on any atom is 0.0800 e. The van der Waals surface area contributed by atoms with Gasteiger partial charge in [0.1, 0.15) is 0 Å². The molecule has 0 aromatic heterocycles. The van der Waals surface area contributed by atoms with Crippen LogP contribution in [0.4, 0.5) is 0 Å². The second-order valence-electron chi connectivity index (χ2n) is 4.97. The Hall–Kier alpha value is -0.820. The molecular formula is C15H26O. The zero-order valence-corrected chi connectivity index (χ0v) is 11.2. The van der Waals surface area contributed by atoms with Crippen LogP contribution in [0.2, 0.25) is 0 Å². The van der Waals surface area contributed by atoms with Gasteiger partial charge in [0, 0.05) is 0 Å². The molecule has 0 unspecified atom stereocenters. The van der Waals surface area contributed by atoms with Gasteiger partial charge < -0.3 is 5.11 Å². The summed E-state index contributed by atoms with van der Waals surface area (Å²) in [6.07, 6.45) is 9.98. The van der Waals surface area contributed by atoms with E-state index in [1.807, 2.05) is 0 Å². The van der Waals surface area contributed by atoms with Crippen LogP contribution in [-0.4, -0.2) is 10.7 Å². The summed E-state index contributed by atoms with van der Waals surface area (Å²) in [5, 5.41) is 9.73. The average molecular weight is 222 g/mol. The summed E-state index contributed by atoms with van der Waals surface area (Å²) >= 11 is 0. The zero-order chi connectivity index (χ0) is 12.6. The first-order valence-corrected chi connectivity index (χ1v) is 6.02. The van der Waals surface area contributed by atoms with Gasteiger partial charge in [0.15, 0.2) is 0 Å². The first kappa shape index (κ1) is 15.2. The van der Waals surface area contributed by atoms with E-state index in [1.54, 1.807) is 13.0 Å². The molecule has 0 saturated heterocycles. The van der Waals surface area contributed by atoms with Gasteiger partial charge in [0.2, 0.25) is 0 Å². The van der Waals surface area contributed by atoms with Gasteiger partial charge >= 0.3 is 0 Å². The van der Waals surface area contributed by atoms with Crippen LogP contribution in [0.1, 0.15) is 53.4 Å². The Kier molecular flexibility index (Phi) is 7.07. The first-order valence-electron chi connectivity index (χ1n) is 6.02. The van der Waals surface area contributed by atoms with E-state index >= 15 is 0 Å². The molecule has 0 aliphatic carbocycles. The molecule has 1 nitrogen and oxygen atoms in total. The van der Waals surface area contributed by atoms with Gasteiger partial charge in [0.05, 0.1) is 5.60 Å². The van der Waals surface area contributed by atoms with Crippen molar-refractivity contribution in [2.45, 2.75) is 59.0 Å². The van der Waals surface area contributed by atoms with E-state index < -0.39 is 5.60 Å². The predicted molar refractivity (Wildman–Crippen MR) is 72.5 cm³/mol. The van der Waals surface area contributed by atoms with Crippen molar-refractivity contribution >= 4 is 0 Å². The van der Waals surface area contributed by atoms with Gasteiger partial charge in [-0.05, 0) is 53.4 Å². The predicted octanol–water partition coefficient (Wildman–Crippen LogP) is 4.40. The molecule has 0 fully saturated rings. The fourth-order valence-electron chi connectivity index (χ4n) is 1.40. The van der Waals surface area contributed by atoms with E-state index in [2.05, 4.69) is 39.5 Å². The van der Waals surface area contributed by atoms with E-state index in [9.17, 15) is 5.11 Å². The smallest absolute Gasteiger partial charge is 0.0800 e. The van der Waals surface area contributed by atoms with Crippen LogP contribution in [0.3, 0.4) is 0 Å². The van der Waals surface area contributed by atoms with Crippen LogP contribution in [0, 0.1) is 0 Å². The molecule has 92 valence electrons. The van der Waals surface area contributed by atoms with E-state index in [4.69, 9.17) is 0 Å². The molecule has 1 N–H and O–H groups in total. The molecule has 0 radical (unpaired) electrons. The lowest BCUT2D eigenvalue weighted by molar-refractivity contribution is 0.103. The lowest BCUT2D eigenvalue weighted by Crippen LogP contribution is -2.19. The minimum absolute atomic E-state index is 0.726. The highest BCUT2D eigenvalue weighted by Crippen LogP contribution is 2.15. The molecule has 0 saturated carbocycles. The summed E-state index contributed by atoms with van der Waals surface area (Å²) < 4.78 is 0. The Morgan fingerprint density at radius 2 is 1.81 bits per heavy atom. The quantitative estimate of drug-likeness (QED) is 0.633. The number of aliphatic hydroxyl groups is 1. The van der Waals surface area contributed by atoms with Gasteiger partial charge in [-0.2, -0.15) is 0 Å². The Morgan fingerprint density at radius 1 is 1.19 bits per heavy atom. The third kappa shape index (κ3) is 8.49. The Balaban J connectivity index is 3.88. The highest BCUT2D eigenvalue weighted by Gasteiger charge is 2.12. The highest BCUT2D eigenvalue weighted by molar-refractivity contribution is 5.03. The van der Waals surface area contributed by atoms with Crippen molar-refractivity contribution in [3.8, 4) is 0 Å². The average Bonchev–Trinajstić information content (AvgIpc) is 2.17. The van der Waals surface area contributed by atoms with Crippen LogP contribution in [-0.2, 0) is 0 Å². The van der Waals surface area contributed by atoms with Crippen LogP contribution in [0.5, 0.6) is 0 Å². The largest absolute Gasteiger partial charge is 0.386 e. The Morgan fingerprint density at radius 3 is 2.31 bits per heavy atom. The van der Waals surface area contributed by atoms with Crippen molar-refractivity contribution in [3.63, 3.8) is 0 Å². The summed E-state index contributed by atoms with van der Waals surface area (Å²) in [6.45, 7) is 11.8. The first-order chi connectivity index (χ1) is 7.37. The fourth-order valence-corrected chi connectivity index (χ4v) is 1.40. The minimum Gasteiger partial charge on any atom is -0.386 e. The molecule has 16 heavy (non-hydrogen) atoms. The minimum atomic E-state index is -0.726. The molecule has 0 bridgehead atoms. The summed E-state index contributed by atoms with van der Waals surface area (Å²) in [5.74, 6) is 0. The highest BCUT2D eigenvalue weighted by atomic mass is 16.3. The van der Waals surface area contributed by atoms with Gasteiger partial charge in [-0.1, -0.05) is 29.4 Å². The molecule has 0 amide bonds. The Labute approximate surface area is 101 Å². The maximum atomic E-state index is 9.73. The third-order valence-electron chi connectivity index (χ3n) is 2.67. The van der Waals surface area contributed by atoms with Gasteiger partial charge in [-0.3, -0.25) is 0 Å². The summed E-state index contributed by atoms with van der Waals surface area (Å²) in [4.78, 5) is 0. The van der Waals surface area contributed by atoms with Gasteiger partial charge in [-0.25, -0.2) is 0 Å². The zero-order valence-electron chi connectivity index (χ0n) is 11.2. The Bertz CT molecular complexity index is 265. The molecule has 0 aliphatic heterocycles. The van der Waals surface area contributed by atoms with E-state index in [1.165, 1.54) is 11.1 Å². The SMILES string of the molecule is C=C[C@](C)(O)CCC=C(C)CCC=C(C)C. The molecule has 1 heteroatoms. The summed E-state index contributed by atoms with van der Waals surface area (Å²) in [6, 6.07) is 0. The van der Waals surface area contributed by atoms with Crippen LogP contribution in [0.25, 0.3) is 0 Å². The number of rotatable bonds is 7. The van der Waals surface area contributed by atoms with Crippen LogP contribution < -0.4 is 0 Å². The van der Waals surface area contributed by atoms with Gasteiger partial charge in [-0.15, -0.1) is 6.58 Å². The van der Waals surface area contributed by atoms with Crippen molar-refractivity contribution in [1.29, 1.82) is 0 Å². The topological polar surface area (TPSA) is 20.2 Å². The fraction of sp³-hybridized carbons (Fsp3) is 0.600. The monoisotopic (exact) mass is 222 g/mol. The molecule has 0 spiro atoms. The van der Waals surface area contributed by atoms with Gasteiger partial charge in [0.25, 0.3) is 0 Å². The van der Waals surface area contributed by atoms with Crippen molar-refractivity contribution in [3.05, 3.63) is 36.0 Å². The lowest BCUT2D eigenvalue weighted by Gasteiger charge is -2.16. The van der Waals surface area contributed by atoms with Crippen LogP contribution in [0.15, 0.2) is 36.0 Å². The second kappa shape index (κ2) is 7.45. The number of hydrogen-bond acceptors (Lipinski definition) is 1. The molecule has 1 atom stereocenters. The number of allylic oxidation sites excluding steroid dienone is 4. The van der Waals surface area contributed by atoms with E-state index in [0.29, 0.717) is 0 Å². The summed E-state index contributed by atoms with van der Waals surface area (Å²) in [7, 11) is 0.